The third-order valence-electron chi connectivity index (χ3n) is 11.4. The van der Waals surface area contributed by atoms with Crippen molar-refractivity contribution in [3.8, 4) is 11.6 Å². The summed E-state index contributed by atoms with van der Waals surface area (Å²) in [4.78, 5) is 37.2. The Labute approximate surface area is 347 Å². The van der Waals surface area contributed by atoms with Gasteiger partial charge in [-0.1, -0.05) is 29.3 Å². The van der Waals surface area contributed by atoms with E-state index in [1.165, 1.54) is 47.8 Å². The summed E-state index contributed by atoms with van der Waals surface area (Å²) in [5.41, 5.74) is 6.14. The quantitative estimate of drug-likeness (QED) is 0.0775. The molecule has 1 amide bonds. The Morgan fingerprint density at radius 1 is 0.966 bits per heavy atom. The number of nitrogens with one attached hydrogen (secondary N) is 3. The van der Waals surface area contributed by atoms with Gasteiger partial charge in [0.25, 0.3) is 21.6 Å². The van der Waals surface area contributed by atoms with Gasteiger partial charge in [0, 0.05) is 87.6 Å². The van der Waals surface area contributed by atoms with Gasteiger partial charge < -0.3 is 24.7 Å². The lowest BCUT2D eigenvalue weighted by Gasteiger charge is -2.37. The fourth-order valence-electron chi connectivity index (χ4n) is 8.06. The molecule has 3 N–H and O–H groups in total. The summed E-state index contributed by atoms with van der Waals surface area (Å²) in [5.74, 6) is -0.357. The van der Waals surface area contributed by atoms with Crippen molar-refractivity contribution < 1.29 is 27.6 Å². The second-order valence-corrected chi connectivity index (χ2v) is 17.3. The molecular formula is C43H46ClN7O7S. The Morgan fingerprint density at radius 3 is 2.53 bits per heavy atom. The molecule has 14 nitrogen and oxygen atoms in total. The molecule has 2 saturated heterocycles. The molecule has 0 radical (unpaired) electrons. The monoisotopic (exact) mass is 839 g/mol. The first-order chi connectivity index (χ1) is 28.6. The van der Waals surface area contributed by atoms with Crippen LogP contribution >= 0.6 is 11.6 Å². The summed E-state index contributed by atoms with van der Waals surface area (Å²) >= 11 is 6.18. The Hall–Kier alpha value is -5.48. The summed E-state index contributed by atoms with van der Waals surface area (Å²) < 4.78 is 41.0. The topological polar surface area (TPSA) is 172 Å². The molecule has 59 heavy (non-hydrogen) atoms. The fraction of sp³-hybridized carbons (Fsp3) is 0.349. The zero-order valence-electron chi connectivity index (χ0n) is 32.5. The number of pyridine rings is 1. The normalized spacial score (nSPS) is 16.9. The molecule has 3 aromatic carbocycles. The Morgan fingerprint density at radius 2 is 1.75 bits per heavy atom. The van der Waals surface area contributed by atoms with Crippen LogP contribution in [0.5, 0.6) is 11.6 Å². The van der Waals surface area contributed by atoms with Crippen LogP contribution in [0.3, 0.4) is 0 Å². The van der Waals surface area contributed by atoms with Crippen molar-refractivity contribution in [2.45, 2.75) is 43.4 Å². The standard InChI is InChI=1S/C43H46ClN7O7S/c44-32-7-5-30(6-8-32)35-4-2-1-3-31(35)28-49-19-21-50(22-20-49)33-9-11-36(41(25-33)58-42-14-13-37-38(47-42)15-18-45-37)43(52)48-59(55,56)34-10-12-39(40(26-34)51(53)54)46-27-29-16-23-57-24-17-29/h5-15,18,25-26,29,45-46H,1-4,16-17,19-24,27-28H2,(H,48,52). The number of halogens is 1. The molecule has 1 aliphatic carbocycles. The molecule has 16 heteroatoms. The number of allylic oxidation sites excluding steroid dienone is 1. The van der Waals surface area contributed by atoms with Gasteiger partial charge in [-0.05, 0) is 104 Å². The lowest BCUT2D eigenvalue weighted by atomic mass is 9.87. The fourth-order valence-corrected chi connectivity index (χ4v) is 9.17. The van der Waals surface area contributed by atoms with Crippen LogP contribution < -0.4 is 19.7 Å². The van der Waals surface area contributed by atoms with Crippen molar-refractivity contribution in [1.82, 2.24) is 19.6 Å². The highest BCUT2D eigenvalue weighted by Crippen LogP contribution is 2.35. The van der Waals surface area contributed by atoms with Crippen LogP contribution in [0.25, 0.3) is 16.6 Å². The number of carbonyl (C=O) groups is 1. The zero-order chi connectivity index (χ0) is 40.9. The van der Waals surface area contributed by atoms with Crippen molar-refractivity contribution in [3.05, 3.63) is 117 Å². The molecule has 3 aliphatic rings. The average molecular weight is 840 g/mol. The van der Waals surface area contributed by atoms with Gasteiger partial charge >= 0.3 is 0 Å². The molecule has 0 saturated carbocycles. The first-order valence-corrected chi connectivity index (χ1v) is 21.8. The van der Waals surface area contributed by atoms with Gasteiger partial charge in [-0.25, -0.2) is 18.1 Å². The predicted molar refractivity (Wildman–Crippen MR) is 228 cm³/mol. The number of rotatable bonds is 13. The number of nitro benzene ring substituents is 1. The van der Waals surface area contributed by atoms with Crippen molar-refractivity contribution in [3.63, 3.8) is 0 Å². The summed E-state index contributed by atoms with van der Waals surface area (Å²) in [6.07, 6.45) is 7.91. The molecule has 0 unspecified atom stereocenters. The van der Waals surface area contributed by atoms with Crippen LogP contribution in [-0.2, 0) is 14.8 Å². The van der Waals surface area contributed by atoms with Crippen LogP contribution in [0.1, 0.15) is 54.4 Å². The van der Waals surface area contributed by atoms with Gasteiger partial charge in [-0.15, -0.1) is 0 Å². The van der Waals surface area contributed by atoms with Crippen LogP contribution in [-0.4, -0.2) is 86.6 Å². The number of H-pyrrole nitrogens is 1. The number of sulfonamides is 1. The van der Waals surface area contributed by atoms with Gasteiger partial charge in [0.15, 0.2) is 0 Å². The number of nitro groups is 1. The van der Waals surface area contributed by atoms with Crippen molar-refractivity contribution in [1.29, 1.82) is 0 Å². The largest absolute Gasteiger partial charge is 0.438 e. The number of ether oxygens (including phenoxy) is 2. The summed E-state index contributed by atoms with van der Waals surface area (Å²) in [6, 6.07) is 22.0. The summed E-state index contributed by atoms with van der Waals surface area (Å²) in [6.45, 7) is 5.76. The molecule has 4 heterocycles. The Bertz CT molecular complexity index is 2480. The van der Waals surface area contributed by atoms with Gasteiger partial charge in [-0.2, -0.15) is 0 Å². The predicted octanol–water partition coefficient (Wildman–Crippen LogP) is 8.02. The molecule has 0 bridgehead atoms. The number of aromatic nitrogens is 2. The molecule has 0 spiro atoms. The molecular weight excluding hydrogens is 794 g/mol. The number of benzene rings is 3. The number of hydrogen-bond donors (Lipinski definition) is 3. The van der Waals surface area contributed by atoms with Gasteiger partial charge in [0.05, 0.1) is 26.4 Å². The number of amides is 1. The van der Waals surface area contributed by atoms with Crippen molar-refractivity contribution >= 4 is 61.2 Å². The lowest BCUT2D eigenvalue weighted by Crippen LogP contribution is -2.47. The number of piperazine rings is 1. The summed E-state index contributed by atoms with van der Waals surface area (Å²) in [5, 5.41) is 15.9. The summed E-state index contributed by atoms with van der Waals surface area (Å²) in [7, 11) is -4.55. The maximum atomic E-state index is 13.9. The number of hydrogen-bond acceptors (Lipinski definition) is 11. The van der Waals surface area contributed by atoms with E-state index in [1.54, 1.807) is 36.5 Å². The highest BCUT2D eigenvalue weighted by atomic mass is 35.5. The third-order valence-corrected chi connectivity index (χ3v) is 12.9. The second-order valence-electron chi connectivity index (χ2n) is 15.2. The second kappa shape index (κ2) is 17.8. The van der Waals surface area contributed by atoms with Crippen LogP contribution in [0, 0.1) is 16.0 Å². The van der Waals surface area contributed by atoms with Crippen molar-refractivity contribution in [2.24, 2.45) is 5.92 Å². The van der Waals surface area contributed by atoms with E-state index in [4.69, 9.17) is 21.1 Å². The number of carbonyl (C=O) groups excluding carboxylic acids is 1. The number of anilines is 2. The van der Waals surface area contributed by atoms with E-state index in [9.17, 15) is 23.3 Å². The number of aromatic amines is 1. The zero-order valence-corrected chi connectivity index (χ0v) is 34.1. The van der Waals surface area contributed by atoms with E-state index in [0.29, 0.717) is 25.3 Å². The molecule has 308 valence electrons. The van der Waals surface area contributed by atoms with Crippen molar-refractivity contribution in [2.75, 3.05) is 62.7 Å². The number of nitrogens with zero attached hydrogens (tertiary/aromatic N) is 4. The van der Waals surface area contributed by atoms with Crippen LogP contribution in [0.2, 0.25) is 5.02 Å². The smallest absolute Gasteiger partial charge is 0.293 e. The first kappa shape index (κ1) is 40.3. The maximum Gasteiger partial charge on any atom is 0.293 e. The lowest BCUT2D eigenvalue weighted by molar-refractivity contribution is -0.384. The van der Waals surface area contributed by atoms with E-state index in [0.717, 1.165) is 80.7 Å². The van der Waals surface area contributed by atoms with Crippen LogP contribution in [0.15, 0.2) is 95.5 Å². The molecule has 2 aromatic heterocycles. The van der Waals surface area contributed by atoms with E-state index >= 15 is 0 Å². The van der Waals surface area contributed by atoms with E-state index in [2.05, 4.69) is 41.9 Å². The minimum Gasteiger partial charge on any atom is -0.438 e. The molecule has 8 rings (SSSR count). The maximum absolute atomic E-state index is 13.9. The van der Waals surface area contributed by atoms with Crippen LogP contribution in [0.4, 0.5) is 17.1 Å². The first-order valence-electron chi connectivity index (χ1n) is 20.0. The van der Waals surface area contributed by atoms with E-state index in [1.807, 2.05) is 12.1 Å². The van der Waals surface area contributed by atoms with E-state index < -0.39 is 31.4 Å². The van der Waals surface area contributed by atoms with E-state index in [-0.39, 0.29) is 28.8 Å². The number of fused-ring (bicyclic) bond motifs is 1. The molecule has 0 atom stereocenters. The van der Waals surface area contributed by atoms with Gasteiger partial charge in [-0.3, -0.25) is 19.8 Å². The van der Waals surface area contributed by atoms with Gasteiger partial charge in [0.1, 0.15) is 11.4 Å². The minimum atomic E-state index is -4.55. The minimum absolute atomic E-state index is 0.0462. The average Bonchev–Trinajstić information content (AvgIpc) is 3.72. The van der Waals surface area contributed by atoms with Gasteiger partial charge in [0.2, 0.25) is 5.88 Å². The highest BCUT2D eigenvalue weighted by Gasteiger charge is 2.28. The molecule has 2 aliphatic heterocycles. The molecule has 2 fully saturated rings. The Kier molecular flexibility index (Phi) is 12.2. The molecule has 5 aromatic rings. The SMILES string of the molecule is O=C(NS(=O)(=O)c1ccc(NCC2CCOCC2)c([N+](=O)[O-])c1)c1ccc(N2CCN(CC3=C(c4ccc(Cl)cc4)CCCC3)CC2)cc1Oc1ccc2[nH]ccc2n1. The Balaban J connectivity index is 1.000. The highest BCUT2D eigenvalue weighted by molar-refractivity contribution is 7.90. The third kappa shape index (κ3) is 9.54.